The molecular formula is C15H21NO. The van der Waals surface area contributed by atoms with Crippen molar-refractivity contribution in [1.82, 2.24) is 4.90 Å². The van der Waals surface area contributed by atoms with Crippen LogP contribution in [0.2, 0.25) is 0 Å². The van der Waals surface area contributed by atoms with Crippen LogP contribution < -0.4 is 0 Å². The summed E-state index contributed by atoms with van der Waals surface area (Å²) in [7, 11) is 1.90. The molecule has 1 saturated carbocycles. The summed E-state index contributed by atoms with van der Waals surface area (Å²) in [5.41, 5.74) is 2.90. The third-order valence-electron chi connectivity index (χ3n) is 4.05. The highest BCUT2D eigenvalue weighted by Crippen LogP contribution is 2.44. The Kier molecular flexibility index (Phi) is 3.23. The van der Waals surface area contributed by atoms with Crippen LogP contribution in [-0.4, -0.2) is 24.4 Å². The van der Waals surface area contributed by atoms with E-state index in [-0.39, 0.29) is 11.3 Å². The maximum atomic E-state index is 11.4. The summed E-state index contributed by atoms with van der Waals surface area (Å²) in [5.74, 6) is 0.156. The molecule has 1 fully saturated rings. The average molecular weight is 231 g/mol. The molecule has 0 heterocycles. The van der Waals surface area contributed by atoms with Gasteiger partial charge in [0, 0.05) is 25.9 Å². The smallest absolute Gasteiger partial charge is 0.219 e. The first-order valence-electron chi connectivity index (χ1n) is 6.32. The normalized spacial score (nSPS) is 17.4. The number of hydrogen-bond donors (Lipinski definition) is 0. The second-order valence-electron chi connectivity index (χ2n) is 5.37. The lowest BCUT2D eigenvalue weighted by molar-refractivity contribution is -0.128. The van der Waals surface area contributed by atoms with Crippen molar-refractivity contribution in [3.63, 3.8) is 0 Å². The maximum absolute atomic E-state index is 11.4. The Balaban J connectivity index is 2.19. The molecule has 1 aliphatic rings. The molecule has 2 heteroatoms. The van der Waals surface area contributed by atoms with E-state index in [0.29, 0.717) is 0 Å². The lowest BCUT2D eigenvalue weighted by Gasteiger charge is -2.44. The van der Waals surface area contributed by atoms with Crippen molar-refractivity contribution in [2.45, 2.75) is 38.5 Å². The van der Waals surface area contributed by atoms with Gasteiger partial charge in [-0.25, -0.2) is 0 Å². The van der Waals surface area contributed by atoms with Gasteiger partial charge in [-0.15, -0.1) is 0 Å². The van der Waals surface area contributed by atoms with Crippen LogP contribution in [0.5, 0.6) is 0 Å². The number of nitrogens with zero attached hydrogens (tertiary/aromatic N) is 1. The van der Waals surface area contributed by atoms with Crippen LogP contribution in [0.4, 0.5) is 0 Å². The summed E-state index contributed by atoms with van der Waals surface area (Å²) in [6.45, 7) is 4.60. The largest absolute Gasteiger partial charge is 0.345 e. The molecule has 0 N–H and O–H groups in total. The van der Waals surface area contributed by atoms with Gasteiger partial charge in [0.2, 0.25) is 5.91 Å². The van der Waals surface area contributed by atoms with Crippen molar-refractivity contribution >= 4 is 5.91 Å². The Morgan fingerprint density at radius 3 is 2.29 bits per heavy atom. The van der Waals surface area contributed by atoms with Gasteiger partial charge in [-0.2, -0.15) is 0 Å². The first-order valence-corrected chi connectivity index (χ1v) is 6.32. The minimum absolute atomic E-state index is 0.156. The molecule has 0 aromatic heterocycles. The molecule has 0 unspecified atom stereocenters. The standard InChI is InChI=1S/C15H21NO/c1-12-5-7-14(8-6-12)15(9-4-10-15)11-16(3)13(2)17/h5-8H,4,9-11H2,1-3H3. The van der Waals surface area contributed by atoms with Gasteiger partial charge < -0.3 is 4.90 Å². The van der Waals surface area contributed by atoms with Crippen LogP contribution in [0.1, 0.15) is 37.3 Å². The van der Waals surface area contributed by atoms with Crippen molar-refractivity contribution in [3.05, 3.63) is 35.4 Å². The van der Waals surface area contributed by atoms with Crippen molar-refractivity contribution in [2.24, 2.45) is 0 Å². The van der Waals surface area contributed by atoms with Gasteiger partial charge in [0.05, 0.1) is 0 Å². The zero-order chi connectivity index (χ0) is 12.5. The highest BCUT2D eigenvalue weighted by molar-refractivity contribution is 5.73. The Labute approximate surface area is 104 Å². The van der Waals surface area contributed by atoms with E-state index in [9.17, 15) is 4.79 Å². The van der Waals surface area contributed by atoms with Crippen LogP contribution >= 0.6 is 0 Å². The van der Waals surface area contributed by atoms with Gasteiger partial charge in [0.25, 0.3) is 0 Å². The number of benzene rings is 1. The monoisotopic (exact) mass is 231 g/mol. The van der Waals surface area contributed by atoms with E-state index in [4.69, 9.17) is 0 Å². The molecule has 92 valence electrons. The molecular weight excluding hydrogens is 210 g/mol. The van der Waals surface area contributed by atoms with Crippen molar-refractivity contribution < 1.29 is 4.79 Å². The fraction of sp³-hybridized carbons (Fsp3) is 0.533. The summed E-state index contributed by atoms with van der Waals surface area (Å²) in [6, 6.07) is 8.79. The quantitative estimate of drug-likeness (QED) is 0.783. The summed E-state index contributed by atoms with van der Waals surface area (Å²) >= 11 is 0. The highest BCUT2D eigenvalue weighted by atomic mass is 16.2. The van der Waals surface area contributed by atoms with Crippen molar-refractivity contribution in [3.8, 4) is 0 Å². The molecule has 0 bridgehead atoms. The SMILES string of the molecule is CC(=O)N(C)CC1(c2ccc(C)cc2)CCC1. The van der Waals surface area contributed by atoms with E-state index in [1.54, 1.807) is 6.92 Å². The van der Waals surface area contributed by atoms with E-state index in [1.165, 1.54) is 30.4 Å². The maximum Gasteiger partial charge on any atom is 0.219 e. The van der Waals surface area contributed by atoms with Gasteiger partial charge in [-0.1, -0.05) is 36.2 Å². The third kappa shape index (κ3) is 2.36. The van der Waals surface area contributed by atoms with E-state index >= 15 is 0 Å². The van der Waals surface area contributed by atoms with E-state index in [0.717, 1.165) is 6.54 Å². The lowest BCUT2D eigenvalue weighted by atomic mass is 9.64. The molecule has 2 rings (SSSR count). The molecule has 1 aromatic carbocycles. The topological polar surface area (TPSA) is 20.3 Å². The van der Waals surface area contributed by atoms with Crippen molar-refractivity contribution in [1.29, 1.82) is 0 Å². The molecule has 0 aliphatic heterocycles. The first-order chi connectivity index (χ1) is 8.03. The molecule has 0 radical (unpaired) electrons. The van der Waals surface area contributed by atoms with E-state index < -0.39 is 0 Å². The lowest BCUT2D eigenvalue weighted by Crippen LogP contribution is -2.45. The summed E-state index contributed by atoms with van der Waals surface area (Å²) in [4.78, 5) is 13.2. The molecule has 2 nitrogen and oxygen atoms in total. The van der Waals surface area contributed by atoms with Crippen LogP contribution in [0.15, 0.2) is 24.3 Å². The Morgan fingerprint density at radius 2 is 1.88 bits per heavy atom. The fourth-order valence-corrected chi connectivity index (χ4v) is 2.61. The van der Waals surface area contributed by atoms with Crippen LogP contribution in [-0.2, 0) is 10.2 Å². The first kappa shape index (κ1) is 12.2. The number of carbonyl (C=O) groups excluding carboxylic acids is 1. The van der Waals surface area contributed by atoms with Crippen LogP contribution in [0, 0.1) is 6.92 Å². The molecule has 17 heavy (non-hydrogen) atoms. The van der Waals surface area contributed by atoms with Crippen LogP contribution in [0.25, 0.3) is 0 Å². The number of rotatable bonds is 3. The zero-order valence-corrected chi connectivity index (χ0v) is 11.0. The summed E-state index contributed by atoms with van der Waals surface area (Å²) in [5, 5.41) is 0. The Bertz CT molecular complexity index is 403. The fourth-order valence-electron chi connectivity index (χ4n) is 2.61. The molecule has 1 aliphatic carbocycles. The second kappa shape index (κ2) is 4.52. The number of aryl methyl sites for hydroxylation is 1. The third-order valence-corrected chi connectivity index (χ3v) is 4.05. The van der Waals surface area contributed by atoms with Gasteiger partial charge in [0.15, 0.2) is 0 Å². The van der Waals surface area contributed by atoms with E-state index in [1.807, 2.05) is 11.9 Å². The van der Waals surface area contributed by atoms with E-state index in [2.05, 4.69) is 31.2 Å². The minimum atomic E-state index is 0.156. The number of amides is 1. The van der Waals surface area contributed by atoms with Gasteiger partial charge >= 0.3 is 0 Å². The molecule has 0 atom stereocenters. The van der Waals surface area contributed by atoms with Gasteiger partial charge in [-0.05, 0) is 25.3 Å². The second-order valence-corrected chi connectivity index (χ2v) is 5.37. The van der Waals surface area contributed by atoms with Crippen LogP contribution in [0.3, 0.4) is 0 Å². The minimum Gasteiger partial charge on any atom is -0.345 e. The molecule has 1 amide bonds. The average Bonchev–Trinajstić information content (AvgIpc) is 2.24. The Morgan fingerprint density at radius 1 is 1.29 bits per heavy atom. The number of likely N-dealkylation sites (N-methyl/N-ethyl adjacent to an activating group) is 1. The predicted octanol–water partition coefficient (Wildman–Crippen LogP) is 2.90. The summed E-state index contributed by atoms with van der Waals surface area (Å²) < 4.78 is 0. The highest BCUT2D eigenvalue weighted by Gasteiger charge is 2.39. The molecule has 1 aromatic rings. The summed E-state index contributed by atoms with van der Waals surface area (Å²) in [6.07, 6.45) is 3.68. The van der Waals surface area contributed by atoms with Crippen molar-refractivity contribution in [2.75, 3.05) is 13.6 Å². The predicted molar refractivity (Wildman–Crippen MR) is 70.0 cm³/mol. The molecule has 0 spiro atoms. The Hall–Kier alpha value is -1.31. The van der Waals surface area contributed by atoms with Gasteiger partial charge in [0.1, 0.15) is 0 Å². The molecule has 0 saturated heterocycles. The number of hydrogen-bond acceptors (Lipinski definition) is 1. The van der Waals surface area contributed by atoms with Gasteiger partial charge in [-0.3, -0.25) is 4.79 Å². The number of carbonyl (C=O) groups is 1. The zero-order valence-electron chi connectivity index (χ0n) is 11.0.